The van der Waals surface area contributed by atoms with Gasteiger partial charge in [0.15, 0.2) is 5.82 Å². The number of nitrogens with one attached hydrogen (secondary N) is 1. The van der Waals surface area contributed by atoms with Crippen molar-refractivity contribution < 1.29 is 9.53 Å². The molecule has 168 valence electrons. The zero-order valence-electron chi connectivity index (χ0n) is 18.5. The fourth-order valence-electron chi connectivity index (χ4n) is 4.33. The Bertz CT molecular complexity index is 924. The van der Waals surface area contributed by atoms with Gasteiger partial charge in [0.05, 0.1) is 6.61 Å². The maximum atomic E-state index is 13.2. The van der Waals surface area contributed by atoms with Gasteiger partial charge in [0.1, 0.15) is 18.0 Å². The number of fused-ring (bicyclic) bond motifs is 1. The van der Waals surface area contributed by atoms with Crippen molar-refractivity contribution in [2.45, 2.75) is 38.8 Å². The minimum absolute atomic E-state index is 0.0484. The molecule has 0 bridgehead atoms. The lowest BCUT2D eigenvalue weighted by molar-refractivity contribution is -0.135. The summed E-state index contributed by atoms with van der Waals surface area (Å²) in [6.07, 6.45) is 0. The van der Waals surface area contributed by atoms with Crippen molar-refractivity contribution >= 4 is 23.2 Å². The fraction of sp³-hybridized carbons (Fsp3) is 0.591. The third-order valence-electron chi connectivity index (χ3n) is 6.13. The topological polar surface area (TPSA) is 75.5 Å². The molecule has 9 heteroatoms. The van der Waals surface area contributed by atoms with E-state index in [4.69, 9.17) is 16.3 Å². The molecule has 4 rings (SSSR count). The van der Waals surface area contributed by atoms with Crippen LogP contribution >= 0.6 is 11.6 Å². The molecule has 1 amide bonds. The molecule has 1 unspecified atom stereocenters. The van der Waals surface area contributed by atoms with Crippen LogP contribution < -0.4 is 10.2 Å². The van der Waals surface area contributed by atoms with Gasteiger partial charge < -0.3 is 15.0 Å². The molecule has 8 nitrogen and oxygen atoms in total. The summed E-state index contributed by atoms with van der Waals surface area (Å²) in [6, 6.07) is 7.99. The van der Waals surface area contributed by atoms with Crippen LogP contribution in [0.25, 0.3) is 0 Å². The Hall–Kier alpha value is -2.16. The van der Waals surface area contributed by atoms with Crippen molar-refractivity contribution in [3.05, 3.63) is 40.9 Å². The molecule has 1 aromatic heterocycles. The second kappa shape index (κ2) is 9.14. The van der Waals surface area contributed by atoms with Crippen LogP contribution in [-0.2, 0) is 21.7 Å². The summed E-state index contributed by atoms with van der Waals surface area (Å²) in [5.41, 5.74) is 0.332. The van der Waals surface area contributed by atoms with Crippen LogP contribution in [0.5, 0.6) is 0 Å². The van der Waals surface area contributed by atoms with E-state index < -0.39 is 5.54 Å². The average Bonchev–Trinajstić information content (AvgIpc) is 3.20. The number of benzene rings is 1. The van der Waals surface area contributed by atoms with Crippen molar-refractivity contribution in [2.75, 3.05) is 50.8 Å². The van der Waals surface area contributed by atoms with Gasteiger partial charge in [-0.25, -0.2) is 0 Å². The highest BCUT2D eigenvalue weighted by Crippen LogP contribution is 2.29. The Kier molecular flexibility index (Phi) is 6.50. The van der Waals surface area contributed by atoms with E-state index in [9.17, 15) is 4.79 Å². The fourth-order valence-corrected chi connectivity index (χ4v) is 4.51. The molecular formula is C22H31ClN6O2. The number of halogens is 1. The SMILES string of the molecule is CC(C)c1nnc2n1C(C)(C(=O)NCCN1CCN(c3cccc(Cl)c3)CC1)COC2. The molecule has 1 fully saturated rings. The smallest absolute Gasteiger partial charge is 0.248 e. The molecule has 31 heavy (non-hydrogen) atoms. The first kappa shape index (κ1) is 22.0. The largest absolute Gasteiger partial charge is 0.370 e. The number of amides is 1. The summed E-state index contributed by atoms with van der Waals surface area (Å²) >= 11 is 6.12. The second-order valence-electron chi connectivity index (χ2n) is 8.80. The highest BCUT2D eigenvalue weighted by Gasteiger charge is 2.42. The number of carbonyl (C=O) groups excluding carboxylic acids is 1. The van der Waals surface area contributed by atoms with E-state index in [0.717, 1.165) is 49.3 Å². The molecular weight excluding hydrogens is 416 g/mol. The van der Waals surface area contributed by atoms with Gasteiger partial charge in [-0.05, 0) is 25.1 Å². The molecule has 0 spiro atoms. The van der Waals surface area contributed by atoms with E-state index >= 15 is 0 Å². The molecule has 1 atom stereocenters. The first-order chi connectivity index (χ1) is 14.9. The van der Waals surface area contributed by atoms with Gasteiger partial charge in [-0.1, -0.05) is 31.5 Å². The lowest BCUT2D eigenvalue weighted by Crippen LogP contribution is -2.54. The first-order valence-corrected chi connectivity index (χ1v) is 11.3. The summed E-state index contributed by atoms with van der Waals surface area (Å²) in [5, 5.41) is 12.4. The summed E-state index contributed by atoms with van der Waals surface area (Å²) < 4.78 is 7.65. The number of piperazine rings is 1. The molecule has 0 radical (unpaired) electrons. The first-order valence-electron chi connectivity index (χ1n) is 10.9. The second-order valence-corrected chi connectivity index (χ2v) is 9.23. The number of hydrogen-bond acceptors (Lipinski definition) is 6. The Labute approximate surface area is 188 Å². The molecule has 1 aromatic carbocycles. The Morgan fingerprint density at radius 3 is 2.74 bits per heavy atom. The predicted molar refractivity (Wildman–Crippen MR) is 121 cm³/mol. The number of hydrogen-bond donors (Lipinski definition) is 1. The summed E-state index contributed by atoms with van der Waals surface area (Å²) in [5.74, 6) is 1.67. The maximum absolute atomic E-state index is 13.2. The third-order valence-corrected chi connectivity index (χ3v) is 6.36. The van der Waals surface area contributed by atoms with E-state index in [1.165, 1.54) is 0 Å². The van der Waals surface area contributed by atoms with Crippen LogP contribution in [0.15, 0.2) is 24.3 Å². The lowest BCUT2D eigenvalue weighted by atomic mass is 9.99. The molecule has 0 aliphatic carbocycles. The Morgan fingerprint density at radius 2 is 2.03 bits per heavy atom. The van der Waals surface area contributed by atoms with Crippen molar-refractivity contribution in [1.29, 1.82) is 0 Å². The highest BCUT2D eigenvalue weighted by molar-refractivity contribution is 6.30. The molecule has 2 aromatic rings. The van der Waals surface area contributed by atoms with Gasteiger partial charge in [-0.15, -0.1) is 10.2 Å². The molecule has 0 saturated carbocycles. The number of carbonyl (C=O) groups is 1. The van der Waals surface area contributed by atoms with Gasteiger partial charge in [-0.2, -0.15) is 0 Å². The normalized spacial score (nSPS) is 21.9. The van der Waals surface area contributed by atoms with Gasteiger partial charge >= 0.3 is 0 Å². The van der Waals surface area contributed by atoms with Crippen LogP contribution in [0.1, 0.15) is 38.3 Å². The molecule has 2 aliphatic heterocycles. The zero-order chi connectivity index (χ0) is 22.0. The van der Waals surface area contributed by atoms with Crippen LogP contribution in [-0.4, -0.2) is 71.4 Å². The number of anilines is 1. The Morgan fingerprint density at radius 1 is 1.26 bits per heavy atom. The monoisotopic (exact) mass is 446 g/mol. The number of aromatic nitrogens is 3. The van der Waals surface area contributed by atoms with Crippen LogP contribution in [0.2, 0.25) is 5.02 Å². The standard InChI is InChI=1S/C22H31ClN6O2/c1-16(2)20-26-25-19-14-31-15-22(3,29(19)20)21(30)24-7-8-27-9-11-28(12-10-27)18-6-4-5-17(23)13-18/h4-6,13,16H,7-12,14-15H2,1-3H3,(H,24,30). The maximum Gasteiger partial charge on any atom is 0.248 e. The van der Waals surface area contributed by atoms with Crippen LogP contribution in [0.3, 0.4) is 0 Å². The van der Waals surface area contributed by atoms with E-state index in [2.05, 4.69) is 45.2 Å². The van der Waals surface area contributed by atoms with Gasteiger partial charge in [-0.3, -0.25) is 14.3 Å². The van der Waals surface area contributed by atoms with E-state index in [0.29, 0.717) is 25.6 Å². The van der Waals surface area contributed by atoms with Gasteiger partial charge in [0, 0.05) is 55.9 Å². The summed E-state index contributed by atoms with van der Waals surface area (Å²) in [7, 11) is 0. The predicted octanol–water partition coefficient (Wildman–Crippen LogP) is 2.24. The average molecular weight is 447 g/mol. The Balaban J connectivity index is 1.30. The highest BCUT2D eigenvalue weighted by atomic mass is 35.5. The molecule has 2 aliphatic rings. The molecule has 1 N–H and O–H groups in total. The van der Waals surface area contributed by atoms with Crippen molar-refractivity contribution in [3.63, 3.8) is 0 Å². The number of nitrogens with zero attached hydrogens (tertiary/aromatic N) is 5. The van der Waals surface area contributed by atoms with Crippen LogP contribution in [0.4, 0.5) is 5.69 Å². The van der Waals surface area contributed by atoms with Crippen LogP contribution in [0, 0.1) is 0 Å². The van der Waals surface area contributed by atoms with E-state index in [-0.39, 0.29) is 11.8 Å². The zero-order valence-corrected chi connectivity index (χ0v) is 19.2. The van der Waals surface area contributed by atoms with E-state index in [1.807, 2.05) is 29.7 Å². The minimum Gasteiger partial charge on any atom is -0.370 e. The number of rotatable bonds is 6. The van der Waals surface area contributed by atoms with E-state index in [1.54, 1.807) is 0 Å². The molecule has 3 heterocycles. The van der Waals surface area contributed by atoms with Crippen molar-refractivity contribution in [2.24, 2.45) is 0 Å². The molecule has 1 saturated heterocycles. The summed E-state index contributed by atoms with van der Waals surface area (Å²) in [6.45, 7) is 12.0. The van der Waals surface area contributed by atoms with Crippen molar-refractivity contribution in [1.82, 2.24) is 25.0 Å². The summed E-state index contributed by atoms with van der Waals surface area (Å²) in [4.78, 5) is 17.9. The lowest BCUT2D eigenvalue weighted by Gasteiger charge is -2.37. The van der Waals surface area contributed by atoms with Crippen molar-refractivity contribution in [3.8, 4) is 0 Å². The minimum atomic E-state index is -0.831. The third kappa shape index (κ3) is 4.56. The van der Waals surface area contributed by atoms with Gasteiger partial charge in [0.2, 0.25) is 5.91 Å². The van der Waals surface area contributed by atoms with Gasteiger partial charge in [0.25, 0.3) is 0 Å². The quantitative estimate of drug-likeness (QED) is 0.733. The number of ether oxygens (including phenoxy) is 1.